The van der Waals surface area contributed by atoms with Crippen molar-refractivity contribution in [3.05, 3.63) is 12.8 Å². The molecule has 1 N–H and O–H groups in total. The Morgan fingerprint density at radius 1 is 1.38 bits per heavy atom. The lowest BCUT2D eigenvalue weighted by Crippen LogP contribution is -2.24. The number of nitrogens with zero attached hydrogens (tertiary/aromatic N) is 1. The zero-order valence-electron chi connectivity index (χ0n) is 8.92. The van der Waals surface area contributed by atoms with Gasteiger partial charge in [0.2, 0.25) is 5.91 Å². The Kier molecular flexibility index (Phi) is 12.3. The van der Waals surface area contributed by atoms with Crippen molar-refractivity contribution in [1.82, 2.24) is 4.90 Å². The summed E-state index contributed by atoms with van der Waals surface area (Å²) in [6, 6.07) is 0. The molecule has 3 heteroatoms. The maximum Gasteiger partial charge on any atom is 0.219 e. The highest BCUT2D eigenvalue weighted by Gasteiger charge is 2.12. The molecule has 0 saturated carbocycles. The van der Waals surface area contributed by atoms with Crippen LogP contribution in [0.1, 0.15) is 33.6 Å². The van der Waals surface area contributed by atoms with Crippen molar-refractivity contribution in [2.45, 2.75) is 33.6 Å². The minimum absolute atomic E-state index is 0.225. The zero-order chi connectivity index (χ0) is 10.7. The average molecular weight is 187 g/mol. The lowest BCUT2D eigenvalue weighted by atomic mass is 10.4. The number of likely N-dealkylation sites (tertiary alicyclic amines) is 1. The van der Waals surface area contributed by atoms with Crippen molar-refractivity contribution in [3.8, 4) is 0 Å². The zero-order valence-corrected chi connectivity index (χ0v) is 8.92. The van der Waals surface area contributed by atoms with Gasteiger partial charge in [0.15, 0.2) is 0 Å². The van der Waals surface area contributed by atoms with Crippen molar-refractivity contribution in [2.24, 2.45) is 0 Å². The fourth-order valence-electron chi connectivity index (χ4n) is 1.03. The Balaban J connectivity index is 0. The Labute approximate surface area is 81.1 Å². The van der Waals surface area contributed by atoms with Crippen molar-refractivity contribution in [3.63, 3.8) is 0 Å². The van der Waals surface area contributed by atoms with Crippen LogP contribution in [0, 0.1) is 0 Å². The van der Waals surface area contributed by atoms with Crippen LogP contribution in [0.25, 0.3) is 0 Å². The van der Waals surface area contributed by atoms with E-state index in [-0.39, 0.29) is 5.91 Å². The van der Waals surface area contributed by atoms with Gasteiger partial charge < -0.3 is 10.0 Å². The first-order valence-corrected chi connectivity index (χ1v) is 4.73. The second-order valence-corrected chi connectivity index (χ2v) is 2.40. The molecule has 0 atom stereocenters. The number of amides is 1. The second kappa shape index (κ2) is 11.0. The van der Waals surface area contributed by atoms with Crippen molar-refractivity contribution in [1.29, 1.82) is 0 Å². The van der Waals surface area contributed by atoms with Gasteiger partial charge in [0.05, 0.1) is 6.26 Å². The highest BCUT2D eigenvalue weighted by atomic mass is 16.2. The minimum atomic E-state index is 0.225. The number of aliphatic hydroxyl groups excluding tert-OH is 1. The normalized spacial score (nSPS) is 13.3. The van der Waals surface area contributed by atoms with Crippen LogP contribution in [0.2, 0.25) is 0 Å². The molecule has 1 aliphatic rings. The van der Waals surface area contributed by atoms with Gasteiger partial charge in [-0.1, -0.05) is 20.4 Å². The molecule has 0 aliphatic carbocycles. The first-order valence-electron chi connectivity index (χ1n) is 4.73. The highest BCUT2D eigenvalue weighted by Crippen LogP contribution is 2.05. The van der Waals surface area contributed by atoms with Crippen LogP contribution in [0.5, 0.6) is 0 Å². The fraction of sp³-hybridized carbons (Fsp3) is 0.700. The van der Waals surface area contributed by atoms with Gasteiger partial charge in [0.25, 0.3) is 0 Å². The summed E-state index contributed by atoms with van der Waals surface area (Å²) in [4.78, 5) is 12.5. The maximum atomic E-state index is 10.6. The third-order valence-electron chi connectivity index (χ3n) is 1.55. The molecule has 0 spiro atoms. The van der Waals surface area contributed by atoms with E-state index in [2.05, 4.69) is 6.58 Å². The number of carbonyl (C=O) groups excluding carboxylic acids is 1. The number of carbonyl (C=O) groups is 1. The quantitative estimate of drug-likeness (QED) is 0.591. The Bertz CT molecular complexity index is 129. The van der Waals surface area contributed by atoms with Crippen molar-refractivity contribution < 1.29 is 9.90 Å². The largest absolute Gasteiger partial charge is 0.516 e. The molecule has 0 aromatic rings. The first kappa shape index (κ1) is 14.5. The first-order chi connectivity index (χ1) is 6.22. The Morgan fingerprint density at radius 2 is 1.69 bits per heavy atom. The Hall–Kier alpha value is -0.990. The lowest BCUT2D eigenvalue weighted by molar-refractivity contribution is -0.127. The third kappa shape index (κ3) is 8.92. The number of hydrogen-bond donors (Lipinski definition) is 1. The Morgan fingerprint density at radius 3 is 1.85 bits per heavy atom. The van der Waals surface area contributed by atoms with E-state index in [1.807, 2.05) is 18.7 Å². The molecule has 0 aromatic carbocycles. The van der Waals surface area contributed by atoms with Crippen molar-refractivity contribution in [2.75, 3.05) is 13.1 Å². The van der Waals surface area contributed by atoms with Gasteiger partial charge in [-0.3, -0.25) is 4.79 Å². The van der Waals surface area contributed by atoms with Crippen LogP contribution in [-0.2, 0) is 4.79 Å². The summed E-state index contributed by atoms with van der Waals surface area (Å²) >= 11 is 0. The molecule has 0 radical (unpaired) electrons. The van der Waals surface area contributed by atoms with E-state index in [1.165, 1.54) is 12.8 Å². The molecule has 1 rings (SSSR count). The number of hydrogen-bond acceptors (Lipinski definition) is 2. The molecule has 1 heterocycles. The number of aliphatic hydroxyl groups is 1. The smallest absolute Gasteiger partial charge is 0.219 e. The predicted molar refractivity (Wildman–Crippen MR) is 55.7 cm³/mol. The summed E-state index contributed by atoms with van der Waals surface area (Å²) in [5.74, 6) is 0.225. The van der Waals surface area contributed by atoms with Crippen LogP contribution in [-0.4, -0.2) is 29.0 Å². The molecule has 1 aliphatic heterocycles. The second-order valence-electron chi connectivity index (χ2n) is 2.40. The van der Waals surface area contributed by atoms with Gasteiger partial charge in [-0.05, 0) is 12.8 Å². The van der Waals surface area contributed by atoms with Crippen LogP contribution < -0.4 is 0 Å². The van der Waals surface area contributed by atoms with E-state index in [1.54, 1.807) is 6.92 Å². The van der Waals surface area contributed by atoms with Gasteiger partial charge in [-0.25, -0.2) is 0 Å². The molecular formula is C10H21NO2. The van der Waals surface area contributed by atoms with Gasteiger partial charge in [0.1, 0.15) is 0 Å². The van der Waals surface area contributed by atoms with Gasteiger partial charge >= 0.3 is 0 Å². The molecule has 78 valence electrons. The lowest BCUT2D eigenvalue weighted by Gasteiger charge is -2.10. The minimum Gasteiger partial charge on any atom is -0.516 e. The monoisotopic (exact) mass is 187 g/mol. The van der Waals surface area contributed by atoms with E-state index < -0.39 is 0 Å². The number of rotatable bonds is 0. The summed E-state index contributed by atoms with van der Waals surface area (Å²) in [6.07, 6.45) is 3.14. The molecule has 0 unspecified atom stereocenters. The molecule has 13 heavy (non-hydrogen) atoms. The average Bonchev–Trinajstić information content (AvgIpc) is 2.61. The summed E-state index contributed by atoms with van der Waals surface area (Å²) in [6.45, 7) is 10.5. The molecule has 1 fully saturated rings. The molecule has 0 bridgehead atoms. The van der Waals surface area contributed by atoms with Crippen LogP contribution in [0.15, 0.2) is 12.8 Å². The standard InChI is InChI=1S/C6H11NO.C2H4O.C2H6/c1-6(8)7-4-2-3-5-7;1-2-3;1-2/h2-5H2,1H3;2-3H,1H2;1-2H3. The highest BCUT2D eigenvalue weighted by molar-refractivity contribution is 5.73. The SMILES string of the molecule is C=CO.CC.CC(=O)N1CCCC1. The van der Waals surface area contributed by atoms with Gasteiger partial charge in [0, 0.05) is 20.0 Å². The predicted octanol–water partition coefficient (Wildman–Crippen LogP) is 2.34. The summed E-state index contributed by atoms with van der Waals surface area (Å²) in [7, 11) is 0. The topological polar surface area (TPSA) is 40.5 Å². The van der Waals surface area contributed by atoms with Gasteiger partial charge in [-0.15, -0.1) is 0 Å². The summed E-state index contributed by atoms with van der Waals surface area (Å²) < 4.78 is 0. The maximum absolute atomic E-state index is 10.6. The summed E-state index contributed by atoms with van der Waals surface area (Å²) in [5.41, 5.74) is 0. The van der Waals surface area contributed by atoms with E-state index >= 15 is 0 Å². The molecule has 1 saturated heterocycles. The molecule has 1 amide bonds. The van der Waals surface area contributed by atoms with E-state index in [0.717, 1.165) is 19.4 Å². The van der Waals surface area contributed by atoms with Crippen LogP contribution in [0.3, 0.4) is 0 Å². The fourth-order valence-corrected chi connectivity index (χ4v) is 1.03. The van der Waals surface area contributed by atoms with Crippen molar-refractivity contribution >= 4 is 5.91 Å². The van der Waals surface area contributed by atoms with Crippen LogP contribution >= 0.6 is 0 Å². The summed E-state index contributed by atoms with van der Waals surface area (Å²) in [5, 5.41) is 7.33. The third-order valence-corrected chi connectivity index (χ3v) is 1.55. The molecular weight excluding hydrogens is 166 g/mol. The molecule has 0 aromatic heterocycles. The van der Waals surface area contributed by atoms with E-state index in [0.29, 0.717) is 0 Å². The van der Waals surface area contributed by atoms with Crippen LogP contribution in [0.4, 0.5) is 0 Å². The van der Waals surface area contributed by atoms with E-state index in [4.69, 9.17) is 5.11 Å². The van der Waals surface area contributed by atoms with Gasteiger partial charge in [-0.2, -0.15) is 0 Å². The van der Waals surface area contributed by atoms with E-state index in [9.17, 15) is 4.79 Å². The molecule has 3 nitrogen and oxygen atoms in total.